The number of ketones is 1. The number of aromatic nitrogens is 2. The smallest absolute Gasteiger partial charge is 0.270 e. The molecule has 3 aromatic rings. The number of amides is 2. The predicted octanol–water partition coefficient (Wildman–Crippen LogP) is 2.26. The average molecular weight is 550 g/mol. The molecule has 3 N–H and O–H groups in total. The summed E-state index contributed by atoms with van der Waals surface area (Å²) in [5.74, 6) is -2.17. The Hall–Kier alpha value is -3.96. The molecule has 1 aliphatic rings. The number of benzene rings is 1. The Kier molecular flexibility index (Phi) is 8.51. The molecule has 0 saturated heterocycles. The zero-order chi connectivity index (χ0) is 28.2. The van der Waals surface area contributed by atoms with Crippen LogP contribution in [0.5, 0.6) is 0 Å². The number of fused-ring (bicyclic) bond motifs is 1. The summed E-state index contributed by atoms with van der Waals surface area (Å²) in [6, 6.07) is 12.6. The van der Waals surface area contributed by atoms with Crippen molar-refractivity contribution in [3.05, 3.63) is 78.6 Å². The van der Waals surface area contributed by atoms with Crippen LogP contribution in [-0.2, 0) is 19.4 Å². The Morgan fingerprint density at radius 3 is 2.56 bits per heavy atom. The quantitative estimate of drug-likeness (QED) is 0.426. The first-order valence-electron chi connectivity index (χ1n) is 12.7. The summed E-state index contributed by atoms with van der Waals surface area (Å²) in [7, 11) is -4.44. The molecule has 204 valence electrons. The predicted molar refractivity (Wildman–Crippen MR) is 146 cm³/mol. The van der Waals surface area contributed by atoms with Gasteiger partial charge >= 0.3 is 0 Å². The summed E-state index contributed by atoms with van der Waals surface area (Å²) in [5.41, 5.74) is 6.73. The van der Waals surface area contributed by atoms with E-state index in [9.17, 15) is 22.8 Å². The van der Waals surface area contributed by atoms with Crippen LogP contribution in [0.2, 0.25) is 0 Å². The van der Waals surface area contributed by atoms with E-state index in [1.165, 1.54) is 24.4 Å². The number of nitrogens with one attached hydrogen (secondary N) is 1. The maximum Gasteiger partial charge on any atom is 0.270 e. The minimum absolute atomic E-state index is 0.0396. The van der Waals surface area contributed by atoms with E-state index in [2.05, 4.69) is 15.3 Å². The van der Waals surface area contributed by atoms with E-state index in [0.717, 1.165) is 10.3 Å². The van der Waals surface area contributed by atoms with Crippen LogP contribution in [0.3, 0.4) is 0 Å². The van der Waals surface area contributed by atoms with Gasteiger partial charge < -0.3 is 16.0 Å². The third kappa shape index (κ3) is 6.21. The molecule has 10 nitrogen and oxygen atoms in total. The molecule has 3 atom stereocenters. The zero-order valence-electron chi connectivity index (χ0n) is 21.7. The van der Waals surface area contributed by atoms with Crippen LogP contribution in [-0.4, -0.2) is 64.9 Å². The minimum atomic E-state index is -4.44. The summed E-state index contributed by atoms with van der Waals surface area (Å²) in [4.78, 5) is 50.0. The van der Waals surface area contributed by atoms with Gasteiger partial charge in [-0.15, -0.1) is 0 Å². The molecule has 2 aromatic heterocycles. The molecule has 0 spiro atoms. The van der Waals surface area contributed by atoms with Gasteiger partial charge in [-0.1, -0.05) is 56.3 Å². The van der Waals surface area contributed by atoms with Crippen LogP contribution >= 0.6 is 0 Å². The number of nitrogens with zero attached hydrogens (tertiary/aromatic N) is 3. The Bertz CT molecular complexity index is 1510. The molecule has 4 rings (SSSR count). The molecule has 1 aromatic carbocycles. The maximum atomic E-state index is 14.0. The molecule has 0 bridgehead atoms. The summed E-state index contributed by atoms with van der Waals surface area (Å²) in [6.45, 7) is 3.68. The van der Waals surface area contributed by atoms with Crippen LogP contribution < -0.4 is 11.1 Å². The summed E-state index contributed by atoms with van der Waals surface area (Å²) in [5, 5.41) is 1.35. The van der Waals surface area contributed by atoms with Crippen molar-refractivity contribution in [2.45, 2.75) is 49.2 Å². The second kappa shape index (κ2) is 11.8. The minimum Gasteiger partial charge on any atom is -0.339 e. The highest BCUT2D eigenvalue weighted by atomic mass is 32.2. The Morgan fingerprint density at radius 2 is 1.85 bits per heavy atom. The fourth-order valence-electron chi connectivity index (χ4n) is 4.48. The fourth-order valence-corrected chi connectivity index (χ4v) is 6.19. The third-order valence-corrected chi connectivity index (χ3v) is 8.28. The van der Waals surface area contributed by atoms with E-state index in [0.29, 0.717) is 5.52 Å². The van der Waals surface area contributed by atoms with Crippen molar-refractivity contribution in [3.63, 3.8) is 0 Å². The second-order valence-electron chi connectivity index (χ2n) is 9.79. The molecule has 39 heavy (non-hydrogen) atoms. The largest absolute Gasteiger partial charge is 0.339 e. The normalized spacial score (nSPS) is 19.8. The lowest BCUT2D eigenvalue weighted by Crippen LogP contribution is -2.59. The first-order chi connectivity index (χ1) is 18.6. The van der Waals surface area contributed by atoms with Crippen molar-refractivity contribution < 1.29 is 22.8 Å². The lowest BCUT2D eigenvalue weighted by atomic mass is 10.0. The van der Waals surface area contributed by atoms with Gasteiger partial charge in [-0.2, -0.15) is 0 Å². The first kappa shape index (κ1) is 28.1. The number of hydrogen-bond acceptors (Lipinski definition) is 8. The van der Waals surface area contributed by atoms with Crippen LogP contribution in [0.4, 0.5) is 0 Å². The monoisotopic (exact) mass is 549 g/mol. The molecule has 0 saturated carbocycles. The van der Waals surface area contributed by atoms with Crippen LogP contribution in [0.15, 0.2) is 78.0 Å². The average Bonchev–Trinajstić information content (AvgIpc) is 2.92. The van der Waals surface area contributed by atoms with Crippen molar-refractivity contribution in [2.24, 2.45) is 11.7 Å². The number of rotatable bonds is 7. The molecular weight excluding hydrogens is 518 g/mol. The Balaban J connectivity index is 1.70. The molecular formula is C28H31N5O5S. The van der Waals surface area contributed by atoms with E-state index in [1.54, 1.807) is 30.3 Å². The van der Waals surface area contributed by atoms with Crippen molar-refractivity contribution in [1.29, 1.82) is 0 Å². The number of pyridine rings is 2. The van der Waals surface area contributed by atoms with Crippen molar-refractivity contribution in [1.82, 2.24) is 20.2 Å². The van der Waals surface area contributed by atoms with Gasteiger partial charge in [-0.05, 0) is 43.0 Å². The number of sulfone groups is 1. The standard InChI is InChI=1S/C28H31N5O5S/c1-18(2)17-23(32-26(35)22-14-13-19-9-3-4-11-21(19)31-22)27(36)33-16-8-6-10-20(29)25(34)28(33)39(37,38)24-12-5-7-15-30-24/h3-7,9-15,18,20,23,28H,8,16-17,29H2,1-2H3,(H,32,35)/b10-6-/t20?,23-,28?/m0/s1. The van der Waals surface area contributed by atoms with E-state index in [1.807, 2.05) is 32.0 Å². The number of hydrogen-bond donors (Lipinski definition) is 2. The number of carbonyl (C=O) groups excluding carboxylic acids is 3. The molecule has 3 heterocycles. The van der Waals surface area contributed by atoms with Crippen LogP contribution in [0, 0.1) is 5.92 Å². The van der Waals surface area contributed by atoms with Crippen molar-refractivity contribution in [2.75, 3.05) is 6.54 Å². The van der Waals surface area contributed by atoms with Gasteiger partial charge in [0.25, 0.3) is 5.91 Å². The van der Waals surface area contributed by atoms with Gasteiger partial charge in [0.15, 0.2) is 10.8 Å². The highest BCUT2D eigenvalue weighted by Gasteiger charge is 2.45. The summed E-state index contributed by atoms with van der Waals surface area (Å²) < 4.78 is 27.4. The van der Waals surface area contributed by atoms with Gasteiger partial charge in [-0.3, -0.25) is 14.4 Å². The van der Waals surface area contributed by atoms with Gasteiger partial charge in [0.1, 0.15) is 11.7 Å². The molecule has 11 heteroatoms. The lowest BCUT2D eigenvalue weighted by molar-refractivity contribution is -0.139. The second-order valence-corrected chi connectivity index (χ2v) is 11.7. The van der Waals surface area contributed by atoms with E-state index in [4.69, 9.17) is 5.73 Å². The first-order valence-corrected chi connectivity index (χ1v) is 14.2. The van der Waals surface area contributed by atoms with Gasteiger partial charge in [0.05, 0.1) is 11.6 Å². The number of carbonyl (C=O) groups is 3. The van der Waals surface area contributed by atoms with E-state index in [-0.39, 0.29) is 36.0 Å². The number of nitrogens with two attached hydrogens (primary N) is 1. The molecule has 0 aliphatic carbocycles. The Morgan fingerprint density at radius 1 is 1.10 bits per heavy atom. The lowest BCUT2D eigenvalue weighted by Gasteiger charge is -2.35. The van der Waals surface area contributed by atoms with Crippen molar-refractivity contribution >= 4 is 38.3 Å². The van der Waals surface area contributed by atoms with Gasteiger partial charge in [0.2, 0.25) is 21.1 Å². The zero-order valence-corrected chi connectivity index (χ0v) is 22.5. The van der Waals surface area contributed by atoms with Crippen LogP contribution in [0.1, 0.15) is 37.2 Å². The maximum absolute atomic E-state index is 14.0. The number of Topliss-reactive ketones (excluding diaryl/α,β-unsaturated/α-hetero) is 1. The molecule has 0 radical (unpaired) electrons. The summed E-state index contributed by atoms with van der Waals surface area (Å²) >= 11 is 0. The molecule has 2 amide bonds. The van der Waals surface area contributed by atoms with Gasteiger partial charge in [0, 0.05) is 18.1 Å². The van der Waals surface area contributed by atoms with E-state index >= 15 is 0 Å². The molecule has 1 aliphatic heterocycles. The SMILES string of the molecule is CC(C)C[C@H](NC(=O)c1ccc2ccccc2n1)C(=O)N1CC/C=C\C(N)C(=O)C1S(=O)(=O)c1ccccn1. The highest BCUT2D eigenvalue weighted by Crippen LogP contribution is 2.23. The third-order valence-electron chi connectivity index (χ3n) is 6.38. The fraction of sp³-hybridized carbons (Fsp3) is 0.321. The van der Waals surface area contributed by atoms with Gasteiger partial charge in [-0.25, -0.2) is 18.4 Å². The van der Waals surface area contributed by atoms with Crippen LogP contribution in [0.25, 0.3) is 10.9 Å². The molecule has 2 unspecified atom stereocenters. The number of para-hydroxylation sites is 1. The topological polar surface area (TPSA) is 152 Å². The van der Waals surface area contributed by atoms with Crippen molar-refractivity contribution in [3.8, 4) is 0 Å². The van der Waals surface area contributed by atoms with E-state index < -0.39 is 44.9 Å². The molecule has 0 fully saturated rings. The Labute approximate surface area is 227 Å². The highest BCUT2D eigenvalue weighted by molar-refractivity contribution is 7.92. The summed E-state index contributed by atoms with van der Waals surface area (Å²) in [6.07, 6.45) is 4.85.